The Morgan fingerprint density at radius 1 is 1.30 bits per heavy atom. The quantitative estimate of drug-likeness (QED) is 0.725. The van der Waals surface area contributed by atoms with Crippen LogP contribution in [-0.4, -0.2) is 90.7 Å². The molecule has 12 heteroatoms. The number of hydrogen-bond donors (Lipinski definition) is 2. The van der Waals surface area contributed by atoms with E-state index in [0.717, 1.165) is 25.2 Å². The summed E-state index contributed by atoms with van der Waals surface area (Å²) in [5, 5.41) is 10.1. The summed E-state index contributed by atoms with van der Waals surface area (Å²) in [6.07, 6.45) is -1.18. The maximum Gasteiger partial charge on any atom is 0.490 e. The number of carboxylic acids is 1. The summed E-state index contributed by atoms with van der Waals surface area (Å²) in [5.41, 5.74) is 0.910. The van der Waals surface area contributed by atoms with E-state index >= 15 is 0 Å². The summed E-state index contributed by atoms with van der Waals surface area (Å²) in [4.78, 5) is 38.9. The molecule has 0 bridgehead atoms. The lowest BCUT2D eigenvalue weighted by Crippen LogP contribution is -2.47. The van der Waals surface area contributed by atoms with Crippen molar-refractivity contribution >= 4 is 17.9 Å². The lowest BCUT2D eigenvalue weighted by Gasteiger charge is -2.33. The first-order valence-corrected chi connectivity index (χ1v) is 9.18. The van der Waals surface area contributed by atoms with Crippen LogP contribution in [0.4, 0.5) is 18.0 Å². The number of carboxylic acid groups (broad SMARTS) is 1. The van der Waals surface area contributed by atoms with Gasteiger partial charge in [-0.1, -0.05) is 0 Å². The van der Waals surface area contributed by atoms with Gasteiger partial charge in [-0.25, -0.2) is 9.59 Å². The maximum atomic E-state index is 12.4. The molecule has 3 rings (SSSR count). The number of carbonyl (C=O) groups is 3. The molecule has 2 saturated heterocycles. The zero-order valence-electron chi connectivity index (χ0n) is 16.7. The van der Waals surface area contributed by atoms with Gasteiger partial charge in [0, 0.05) is 70.8 Å². The number of furan rings is 1. The fourth-order valence-electron chi connectivity index (χ4n) is 3.55. The highest BCUT2D eigenvalue weighted by atomic mass is 19.4. The van der Waals surface area contributed by atoms with E-state index in [1.807, 2.05) is 11.0 Å². The molecule has 9 nitrogen and oxygen atoms in total. The topological polar surface area (TPSA) is 106 Å². The van der Waals surface area contributed by atoms with Gasteiger partial charge in [0.05, 0.1) is 12.5 Å². The van der Waals surface area contributed by atoms with E-state index in [1.165, 1.54) is 0 Å². The van der Waals surface area contributed by atoms with Crippen LogP contribution in [0.25, 0.3) is 0 Å². The molecule has 30 heavy (non-hydrogen) atoms. The Kier molecular flexibility index (Phi) is 7.34. The van der Waals surface area contributed by atoms with E-state index < -0.39 is 12.1 Å². The molecule has 0 saturated carbocycles. The third-order valence-electron chi connectivity index (χ3n) is 4.85. The molecular weight excluding hydrogens is 409 g/mol. The van der Waals surface area contributed by atoms with Crippen LogP contribution in [0.15, 0.2) is 23.0 Å². The summed E-state index contributed by atoms with van der Waals surface area (Å²) in [7, 11) is 3.53. The van der Waals surface area contributed by atoms with E-state index in [-0.39, 0.29) is 17.4 Å². The smallest absolute Gasteiger partial charge is 0.475 e. The second kappa shape index (κ2) is 9.37. The van der Waals surface area contributed by atoms with Crippen molar-refractivity contribution in [3.05, 3.63) is 24.2 Å². The number of hydrogen-bond acceptors (Lipinski definition) is 5. The van der Waals surface area contributed by atoms with Crippen molar-refractivity contribution in [1.29, 1.82) is 0 Å². The van der Waals surface area contributed by atoms with Gasteiger partial charge in [0.1, 0.15) is 0 Å². The average Bonchev–Trinajstić information content (AvgIpc) is 3.23. The number of urea groups is 1. The highest BCUT2D eigenvalue weighted by Crippen LogP contribution is 2.31. The van der Waals surface area contributed by atoms with Gasteiger partial charge in [0.15, 0.2) is 0 Å². The summed E-state index contributed by atoms with van der Waals surface area (Å²) in [5.74, 6) is -2.68. The Morgan fingerprint density at radius 3 is 2.43 bits per heavy atom. The van der Waals surface area contributed by atoms with Crippen molar-refractivity contribution < 1.29 is 37.1 Å². The molecule has 0 radical (unpaired) electrons. The van der Waals surface area contributed by atoms with Crippen molar-refractivity contribution in [3.8, 4) is 0 Å². The number of nitrogens with zero attached hydrogens (tertiary/aromatic N) is 3. The van der Waals surface area contributed by atoms with E-state index in [1.54, 1.807) is 31.5 Å². The maximum absolute atomic E-state index is 12.4. The molecule has 2 N–H and O–H groups in total. The second-order valence-electron chi connectivity index (χ2n) is 7.70. The number of alkyl halides is 3. The molecule has 2 fully saturated rings. The SMILES string of the molecule is CN(C)C(=O)N1CCN(Cc2ccoc2)CC2(CNC(=O)C2)C1.O=C(O)C(F)(F)F. The molecule has 2 aliphatic rings. The van der Waals surface area contributed by atoms with Crippen LogP contribution < -0.4 is 5.32 Å². The molecule has 0 aromatic carbocycles. The number of carbonyl (C=O) groups excluding carboxylic acids is 2. The fourth-order valence-corrected chi connectivity index (χ4v) is 3.55. The van der Waals surface area contributed by atoms with Gasteiger partial charge >= 0.3 is 18.2 Å². The minimum Gasteiger partial charge on any atom is -0.475 e. The number of rotatable bonds is 2. The lowest BCUT2D eigenvalue weighted by molar-refractivity contribution is -0.192. The molecular formula is C18H25F3N4O5. The van der Waals surface area contributed by atoms with Gasteiger partial charge in [-0.15, -0.1) is 0 Å². The summed E-state index contributed by atoms with van der Waals surface area (Å²) in [6, 6.07) is 1.96. The van der Waals surface area contributed by atoms with E-state index in [4.69, 9.17) is 14.3 Å². The minimum atomic E-state index is -5.08. The zero-order chi connectivity index (χ0) is 22.5. The first-order chi connectivity index (χ1) is 13.9. The Balaban J connectivity index is 0.000000396. The average molecular weight is 434 g/mol. The summed E-state index contributed by atoms with van der Waals surface area (Å²) in [6.45, 7) is 4.28. The molecule has 168 valence electrons. The lowest BCUT2D eigenvalue weighted by atomic mass is 9.86. The number of halogens is 3. The van der Waals surface area contributed by atoms with Crippen LogP contribution in [0.3, 0.4) is 0 Å². The third kappa shape index (κ3) is 6.37. The highest BCUT2D eigenvalue weighted by molar-refractivity contribution is 5.80. The Hall–Kier alpha value is -2.76. The van der Waals surface area contributed by atoms with Crippen molar-refractivity contribution in [2.24, 2.45) is 5.41 Å². The number of amides is 3. The van der Waals surface area contributed by atoms with E-state index in [2.05, 4.69) is 10.2 Å². The van der Waals surface area contributed by atoms with Gasteiger partial charge in [-0.2, -0.15) is 13.2 Å². The van der Waals surface area contributed by atoms with Gasteiger partial charge in [0.2, 0.25) is 5.91 Å². The second-order valence-corrected chi connectivity index (χ2v) is 7.70. The van der Waals surface area contributed by atoms with Gasteiger partial charge in [-0.05, 0) is 6.07 Å². The molecule has 1 spiro atoms. The van der Waals surface area contributed by atoms with E-state index in [0.29, 0.717) is 26.1 Å². The molecule has 3 heterocycles. The molecule has 1 atom stereocenters. The van der Waals surface area contributed by atoms with Gasteiger partial charge in [0.25, 0.3) is 0 Å². The highest BCUT2D eigenvalue weighted by Gasteiger charge is 2.44. The standard InChI is InChI=1S/C16H24N4O3.C2HF3O2/c1-18(2)15(22)20-5-4-19(8-13-3-6-23-9-13)11-16(12-20)7-14(21)17-10-16;3-2(4,5)1(6)7/h3,6,9H,4-5,7-8,10-12H2,1-2H3,(H,17,21);(H,6,7). The molecule has 1 aromatic heterocycles. The largest absolute Gasteiger partial charge is 0.490 e. The van der Waals surface area contributed by atoms with Crippen LogP contribution in [0.2, 0.25) is 0 Å². The fraction of sp³-hybridized carbons (Fsp3) is 0.611. The Morgan fingerprint density at radius 2 is 1.97 bits per heavy atom. The van der Waals surface area contributed by atoms with E-state index in [9.17, 15) is 22.8 Å². The number of nitrogens with one attached hydrogen (secondary N) is 1. The van der Waals surface area contributed by atoms with Crippen LogP contribution >= 0.6 is 0 Å². The Labute approximate surface area is 171 Å². The predicted octanol–water partition coefficient (Wildman–Crippen LogP) is 1.22. The van der Waals surface area contributed by atoms with Crippen molar-refractivity contribution in [1.82, 2.24) is 20.0 Å². The van der Waals surface area contributed by atoms with Crippen LogP contribution in [0.5, 0.6) is 0 Å². The zero-order valence-corrected chi connectivity index (χ0v) is 16.7. The molecule has 1 aromatic rings. The van der Waals surface area contributed by atoms with Crippen LogP contribution in [-0.2, 0) is 16.1 Å². The van der Waals surface area contributed by atoms with Crippen LogP contribution in [0.1, 0.15) is 12.0 Å². The summed E-state index contributed by atoms with van der Waals surface area (Å²) < 4.78 is 36.9. The van der Waals surface area contributed by atoms with Gasteiger partial charge < -0.3 is 24.6 Å². The molecule has 0 aliphatic carbocycles. The molecule has 3 amide bonds. The van der Waals surface area contributed by atoms with Crippen molar-refractivity contribution in [2.45, 2.75) is 19.1 Å². The monoisotopic (exact) mass is 434 g/mol. The molecule has 1 unspecified atom stereocenters. The normalized spacial score (nSPS) is 22.2. The number of aliphatic carboxylic acids is 1. The third-order valence-corrected chi connectivity index (χ3v) is 4.85. The first-order valence-electron chi connectivity index (χ1n) is 9.18. The first kappa shape index (κ1) is 23.5. The Bertz CT molecular complexity index is 754. The van der Waals surface area contributed by atoms with Crippen LogP contribution in [0, 0.1) is 5.41 Å². The molecule has 2 aliphatic heterocycles. The predicted molar refractivity (Wildman–Crippen MR) is 98.4 cm³/mol. The van der Waals surface area contributed by atoms with Crippen molar-refractivity contribution in [2.75, 3.05) is 46.8 Å². The van der Waals surface area contributed by atoms with Crippen molar-refractivity contribution in [3.63, 3.8) is 0 Å². The minimum absolute atomic E-state index is 0.00823. The summed E-state index contributed by atoms with van der Waals surface area (Å²) >= 11 is 0. The van der Waals surface area contributed by atoms with Gasteiger partial charge in [-0.3, -0.25) is 9.69 Å².